The highest BCUT2D eigenvalue weighted by molar-refractivity contribution is 5.95. The normalized spacial score (nSPS) is 12.3. The molecule has 0 aliphatic rings. The monoisotopic (exact) mass is 285 g/mol. The number of pyridine rings is 1. The number of rotatable bonds is 5. The van der Waals surface area contributed by atoms with Gasteiger partial charge in [-0.1, -0.05) is 38.1 Å². The van der Waals surface area contributed by atoms with Gasteiger partial charge in [-0.05, 0) is 18.1 Å². The van der Waals surface area contributed by atoms with E-state index in [1.807, 2.05) is 44.2 Å². The van der Waals surface area contributed by atoms with Crippen LogP contribution in [0.5, 0.6) is 0 Å². The third kappa shape index (κ3) is 3.78. The summed E-state index contributed by atoms with van der Waals surface area (Å²) in [4.78, 5) is 27.7. The van der Waals surface area contributed by atoms with Crippen molar-refractivity contribution in [2.75, 3.05) is 0 Å². The van der Waals surface area contributed by atoms with Crippen LogP contribution in [0.15, 0.2) is 36.4 Å². The molecule has 2 aromatic rings. The van der Waals surface area contributed by atoms with Gasteiger partial charge in [-0.2, -0.15) is 0 Å². The first-order valence-corrected chi connectivity index (χ1v) is 6.92. The first kappa shape index (κ1) is 15.0. The molecule has 2 amide bonds. The van der Waals surface area contributed by atoms with Crippen molar-refractivity contribution in [2.24, 2.45) is 11.7 Å². The van der Waals surface area contributed by atoms with E-state index < -0.39 is 5.91 Å². The predicted molar refractivity (Wildman–Crippen MR) is 81.6 cm³/mol. The Morgan fingerprint density at radius 3 is 2.57 bits per heavy atom. The highest BCUT2D eigenvalue weighted by Gasteiger charge is 2.20. The van der Waals surface area contributed by atoms with Crippen molar-refractivity contribution < 1.29 is 9.59 Å². The predicted octanol–water partition coefficient (Wildman–Crippen LogP) is 1.86. The summed E-state index contributed by atoms with van der Waals surface area (Å²) in [6, 6.07) is 10.8. The van der Waals surface area contributed by atoms with E-state index in [9.17, 15) is 9.59 Å². The standard InChI is InChI=1S/C16H19N3O2/c1-10(2)14(9-15(17)20)19-16(21)13-8-7-11-5-3-4-6-12(11)18-13/h3-8,10,14H,9H2,1-2H3,(H2,17,20)(H,19,21)/t14-/m0/s1. The minimum Gasteiger partial charge on any atom is -0.370 e. The summed E-state index contributed by atoms with van der Waals surface area (Å²) in [6.45, 7) is 3.86. The van der Waals surface area contributed by atoms with E-state index in [0.717, 1.165) is 10.9 Å². The van der Waals surface area contributed by atoms with Crippen LogP contribution < -0.4 is 11.1 Å². The zero-order valence-electron chi connectivity index (χ0n) is 12.2. The quantitative estimate of drug-likeness (QED) is 0.879. The lowest BCUT2D eigenvalue weighted by Crippen LogP contribution is -2.41. The molecule has 5 nitrogen and oxygen atoms in total. The molecule has 0 aliphatic heterocycles. The van der Waals surface area contributed by atoms with E-state index in [1.54, 1.807) is 6.07 Å². The SMILES string of the molecule is CC(C)[C@H](CC(N)=O)NC(=O)c1ccc2ccccc2n1. The highest BCUT2D eigenvalue weighted by Crippen LogP contribution is 2.13. The summed E-state index contributed by atoms with van der Waals surface area (Å²) < 4.78 is 0. The molecule has 21 heavy (non-hydrogen) atoms. The molecule has 0 fully saturated rings. The molecule has 0 saturated heterocycles. The topological polar surface area (TPSA) is 85.1 Å². The highest BCUT2D eigenvalue weighted by atomic mass is 16.2. The minimum atomic E-state index is -0.430. The molecule has 0 spiro atoms. The number of benzene rings is 1. The summed E-state index contributed by atoms with van der Waals surface area (Å²) in [6.07, 6.45) is 0.122. The lowest BCUT2D eigenvalue weighted by Gasteiger charge is -2.20. The number of fused-ring (bicyclic) bond motifs is 1. The Kier molecular flexibility index (Phi) is 4.52. The maximum Gasteiger partial charge on any atom is 0.270 e. The Balaban J connectivity index is 2.18. The van der Waals surface area contributed by atoms with E-state index in [0.29, 0.717) is 5.69 Å². The molecular formula is C16H19N3O2. The summed E-state index contributed by atoms with van der Waals surface area (Å²) in [7, 11) is 0. The smallest absolute Gasteiger partial charge is 0.270 e. The Hall–Kier alpha value is -2.43. The van der Waals surface area contributed by atoms with Crippen LogP contribution >= 0.6 is 0 Å². The number of nitrogens with zero attached hydrogens (tertiary/aromatic N) is 1. The number of nitrogens with one attached hydrogen (secondary N) is 1. The summed E-state index contributed by atoms with van der Waals surface area (Å²) in [5, 5.41) is 3.80. The number of primary amides is 1. The zero-order valence-corrected chi connectivity index (χ0v) is 12.2. The number of nitrogens with two attached hydrogens (primary N) is 1. The van der Waals surface area contributed by atoms with Crippen molar-refractivity contribution >= 4 is 22.7 Å². The lowest BCUT2D eigenvalue weighted by molar-refractivity contribution is -0.118. The van der Waals surface area contributed by atoms with Crippen LogP contribution in [0.1, 0.15) is 30.8 Å². The van der Waals surface area contributed by atoms with E-state index >= 15 is 0 Å². The van der Waals surface area contributed by atoms with Crippen molar-refractivity contribution in [3.8, 4) is 0 Å². The first-order valence-electron chi connectivity index (χ1n) is 6.92. The van der Waals surface area contributed by atoms with Crippen LogP contribution in [-0.4, -0.2) is 22.8 Å². The molecule has 5 heteroatoms. The Labute approximate surface area is 123 Å². The van der Waals surface area contributed by atoms with Gasteiger partial charge in [-0.25, -0.2) is 4.98 Å². The third-order valence-corrected chi connectivity index (χ3v) is 3.37. The molecule has 0 unspecified atom stereocenters. The molecule has 3 N–H and O–H groups in total. The second kappa shape index (κ2) is 6.35. The largest absolute Gasteiger partial charge is 0.370 e. The fraction of sp³-hybridized carbons (Fsp3) is 0.312. The van der Waals surface area contributed by atoms with Gasteiger partial charge in [-0.3, -0.25) is 9.59 Å². The average Bonchev–Trinajstić information content (AvgIpc) is 2.45. The average molecular weight is 285 g/mol. The number of carbonyl (C=O) groups is 2. The van der Waals surface area contributed by atoms with Crippen molar-refractivity contribution in [3.63, 3.8) is 0 Å². The van der Waals surface area contributed by atoms with Crippen molar-refractivity contribution in [1.82, 2.24) is 10.3 Å². The van der Waals surface area contributed by atoms with Gasteiger partial charge in [-0.15, -0.1) is 0 Å². The van der Waals surface area contributed by atoms with Gasteiger partial charge in [0, 0.05) is 17.8 Å². The van der Waals surface area contributed by atoms with Gasteiger partial charge in [0.15, 0.2) is 0 Å². The van der Waals surface area contributed by atoms with Crippen LogP contribution in [0.2, 0.25) is 0 Å². The van der Waals surface area contributed by atoms with E-state index in [1.165, 1.54) is 0 Å². The zero-order chi connectivity index (χ0) is 15.4. The van der Waals surface area contributed by atoms with Crippen molar-refractivity contribution in [2.45, 2.75) is 26.3 Å². The van der Waals surface area contributed by atoms with Crippen molar-refractivity contribution in [3.05, 3.63) is 42.1 Å². The number of hydrogen-bond acceptors (Lipinski definition) is 3. The van der Waals surface area contributed by atoms with Crippen molar-refractivity contribution in [1.29, 1.82) is 0 Å². The van der Waals surface area contributed by atoms with Crippen LogP contribution in [-0.2, 0) is 4.79 Å². The van der Waals surface area contributed by atoms with Gasteiger partial charge in [0.25, 0.3) is 5.91 Å². The van der Waals surface area contributed by atoms with E-state index in [-0.39, 0.29) is 24.3 Å². The third-order valence-electron chi connectivity index (χ3n) is 3.37. The Morgan fingerprint density at radius 1 is 1.19 bits per heavy atom. The fourth-order valence-corrected chi connectivity index (χ4v) is 2.10. The number of carbonyl (C=O) groups excluding carboxylic acids is 2. The maximum atomic E-state index is 12.3. The summed E-state index contributed by atoms with van der Waals surface area (Å²) in [5.41, 5.74) is 6.32. The Morgan fingerprint density at radius 2 is 1.90 bits per heavy atom. The van der Waals surface area contributed by atoms with Crippen LogP contribution in [0.3, 0.4) is 0 Å². The van der Waals surface area contributed by atoms with Crippen LogP contribution in [0.4, 0.5) is 0 Å². The lowest BCUT2D eigenvalue weighted by atomic mass is 10.0. The molecule has 2 rings (SSSR count). The number of aromatic nitrogens is 1. The van der Waals surface area contributed by atoms with Gasteiger partial charge in [0.1, 0.15) is 5.69 Å². The second-order valence-corrected chi connectivity index (χ2v) is 5.38. The fourth-order valence-electron chi connectivity index (χ4n) is 2.10. The summed E-state index contributed by atoms with van der Waals surface area (Å²) in [5.74, 6) is -0.608. The van der Waals surface area contributed by atoms with Gasteiger partial charge in [0.05, 0.1) is 5.52 Å². The minimum absolute atomic E-state index is 0.113. The molecule has 1 aromatic carbocycles. The van der Waals surface area contributed by atoms with E-state index in [4.69, 9.17) is 5.73 Å². The summed E-state index contributed by atoms with van der Waals surface area (Å²) >= 11 is 0. The molecule has 110 valence electrons. The number of para-hydroxylation sites is 1. The van der Waals surface area contributed by atoms with Crippen LogP contribution in [0.25, 0.3) is 10.9 Å². The maximum absolute atomic E-state index is 12.3. The molecular weight excluding hydrogens is 266 g/mol. The molecule has 0 saturated carbocycles. The second-order valence-electron chi connectivity index (χ2n) is 5.38. The van der Waals surface area contributed by atoms with Gasteiger partial charge >= 0.3 is 0 Å². The number of amides is 2. The van der Waals surface area contributed by atoms with Crippen LogP contribution in [0, 0.1) is 5.92 Å². The van der Waals surface area contributed by atoms with Gasteiger partial charge in [0.2, 0.25) is 5.91 Å². The molecule has 0 radical (unpaired) electrons. The molecule has 1 aromatic heterocycles. The molecule has 1 atom stereocenters. The Bertz CT molecular complexity index is 667. The number of hydrogen-bond donors (Lipinski definition) is 2. The molecule has 1 heterocycles. The molecule has 0 bridgehead atoms. The molecule has 0 aliphatic carbocycles. The van der Waals surface area contributed by atoms with Gasteiger partial charge < -0.3 is 11.1 Å². The van der Waals surface area contributed by atoms with E-state index in [2.05, 4.69) is 10.3 Å². The first-order chi connectivity index (χ1) is 9.97.